The molecule has 0 spiro atoms. The van der Waals surface area contributed by atoms with Crippen molar-refractivity contribution in [3.8, 4) is 0 Å². The number of rotatable bonds is 10. The molecule has 0 aromatic heterocycles. The van der Waals surface area contributed by atoms with Gasteiger partial charge in [-0.15, -0.1) is 0 Å². The van der Waals surface area contributed by atoms with Gasteiger partial charge in [0.25, 0.3) is 5.91 Å². The number of carbonyl (C=O) groups excluding carboxylic acids is 1. The van der Waals surface area contributed by atoms with Crippen molar-refractivity contribution >= 4 is 42.1 Å². The van der Waals surface area contributed by atoms with Gasteiger partial charge < -0.3 is 24.8 Å². The number of hydrogen-bond acceptors (Lipinski definition) is 5. The van der Waals surface area contributed by atoms with Crippen LogP contribution < -0.4 is 15.4 Å². The summed E-state index contributed by atoms with van der Waals surface area (Å²) in [5, 5.41) is 15.6. The number of fused-ring (bicyclic) bond motifs is 2. The lowest BCUT2D eigenvalue weighted by atomic mass is 9.86. The number of hydrogen-bond donors (Lipinski definition) is 2. The minimum absolute atomic E-state index is 0.158. The summed E-state index contributed by atoms with van der Waals surface area (Å²) in [7, 11) is 7.50. The van der Waals surface area contributed by atoms with Crippen LogP contribution in [0, 0.1) is 0 Å². The SMILES string of the molecule is COCCOCCNC(=O)c1ccc(C(=O)O)c(C2=C3C=CC(=[N+](C)C)C=C3[Si](C)(C)c3cc(N(C)C)ccc32)c1. The standard InChI is InChI=1S/C32H39N3O5Si/c1-34(2)22-9-12-25-28(19-22)41(6,7)29-20-23(35(3)4)10-13-26(29)30(25)27-18-21(8-11-24(27)32(37)38)31(36)33-14-15-40-17-16-39-5/h8-13,18-20H,14-17H2,1-7H3,(H-,33,36,37,38)/p+1. The van der Waals surface area contributed by atoms with E-state index in [0.29, 0.717) is 37.5 Å². The molecule has 41 heavy (non-hydrogen) atoms. The lowest BCUT2D eigenvalue weighted by Gasteiger charge is -2.38. The van der Waals surface area contributed by atoms with Crippen molar-refractivity contribution in [3.63, 3.8) is 0 Å². The van der Waals surface area contributed by atoms with E-state index >= 15 is 0 Å². The van der Waals surface area contributed by atoms with E-state index < -0.39 is 14.0 Å². The van der Waals surface area contributed by atoms with Crippen molar-refractivity contribution < 1.29 is 28.7 Å². The van der Waals surface area contributed by atoms with Gasteiger partial charge in [0, 0.05) is 51.2 Å². The number of carboxylic acid groups (broad SMARTS) is 1. The number of carbonyl (C=O) groups is 2. The van der Waals surface area contributed by atoms with E-state index in [9.17, 15) is 14.7 Å². The maximum absolute atomic E-state index is 13.1. The Hall–Kier alpha value is -3.79. The van der Waals surface area contributed by atoms with Gasteiger partial charge in [-0.1, -0.05) is 19.2 Å². The second-order valence-electron chi connectivity index (χ2n) is 11.2. The Labute approximate surface area is 243 Å². The Balaban J connectivity index is 1.89. The molecule has 216 valence electrons. The Kier molecular flexibility index (Phi) is 9.11. The molecule has 9 heteroatoms. The molecule has 4 rings (SSSR count). The molecule has 0 saturated carbocycles. The zero-order valence-corrected chi connectivity index (χ0v) is 26.0. The fraction of sp³-hybridized carbons (Fsp3) is 0.344. The summed E-state index contributed by atoms with van der Waals surface area (Å²) in [4.78, 5) is 27.8. The molecule has 2 aromatic carbocycles. The van der Waals surface area contributed by atoms with Crippen LogP contribution >= 0.6 is 0 Å². The van der Waals surface area contributed by atoms with Crippen molar-refractivity contribution in [2.75, 3.05) is 66.6 Å². The van der Waals surface area contributed by atoms with Gasteiger partial charge in [0.1, 0.15) is 22.2 Å². The van der Waals surface area contributed by atoms with Crippen LogP contribution in [0.1, 0.15) is 31.8 Å². The lowest BCUT2D eigenvalue weighted by molar-refractivity contribution is -0.462. The first-order valence-electron chi connectivity index (χ1n) is 13.7. The quantitative estimate of drug-likeness (QED) is 0.257. The highest BCUT2D eigenvalue weighted by atomic mass is 28.3. The zero-order valence-electron chi connectivity index (χ0n) is 25.0. The normalized spacial score (nSPS) is 15.2. The summed E-state index contributed by atoms with van der Waals surface area (Å²) < 4.78 is 12.5. The van der Waals surface area contributed by atoms with Crippen LogP contribution in [0.3, 0.4) is 0 Å². The van der Waals surface area contributed by atoms with Crippen LogP contribution in [0.4, 0.5) is 5.69 Å². The van der Waals surface area contributed by atoms with Crippen molar-refractivity contribution in [1.29, 1.82) is 0 Å². The highest BCUT2D eigenvalue weighted by Crippen LogP contribution is 2.43. The molecule has 0 fully saturated rings. The van der Waals surface area contributed by atoms with Crippen LogP contribution in [-0.2, 0) is 9.47 Å². The molecule has 2 N–H and O–H groups in total. The van der Waals surface area contributed by atoms with E-state index in [0.717, 1.165) is 28.1 Å². The van der Waals surface area contributed by atoms with Crippen molar-refractivity contribution in [2.45, 2.75) is 13.1 Å². The Morgan fingerprint density at radius 3 is 2.41 bits per heavy atom. The molecule has 1 aliphatic carbocycles. The average Bonchev–Trinajstić information content (AvgIpc) is 2.94. The molecule has 0 atom stereocenters. The number of anilines is 1. The third kappa shape index (κ3) is 6.12. The molecule has 0 bridgehead atoms. The third-order valence-electron chi connectivity index (χ3n) is 7.67. The lowest BCUT2D eigenvalue weighted by Crippen LogP contribution is -2.49. The summed E-state index contributed by atoms with van der Waals surface area (Å²) in [5.41, 5.74) is 6.15. The summed E-state index contributed by atoms with van der Waals surface area (Å²) in [5.74, 6) is -1.32. The average molecular weight is 575 g/mol. The van der Waals surface area contributed by atoms with E-state index in [1.807, 2.05) is 28.2 Å². The number of aromatic carboxylic acids is 1. The molecule has 1 amide bonds. The van der Waals surface area contributed by atoms with E-state index in [1.54, 1.807) is 19.2 Å². The topological polar surface area (TPSA) is 91.1 Å². The molecule has 2 aliphatic rings. The minimum atomic E-state index is -2.20. The first-order valence-corrected chi connectivity index (χ1v) is 16.7. The second-order valence-corrected chi connectivity index (χ2v) is 15.5. The Morgan fingerprint density at radius 2 is 1.76 bits per heavy atom. The fourth-order valence-electron chi connectivity index (χ4n) is 5.33. The number of methoxy groups -OCH3 is 1. The summed E-state index contributed by atoms with van der Waals surface area (Å²) in [6, 6.07) is 11.2. The van der Waals surface area contributed by atoms with Crippen LogP contribution in [0.2, 0.25) is 13.1 Å². The summed E-state index contributed by atoms with van der Waals surface area (Å²) >= 11 is 0. The van der Waals surface area contributed by atoms with Gasteiger partial charge in [0.05, 0.1) is 25.4 Å². The van der Waals surface area contributed by atoms with Gasteiger partial charge in [-0.2, -0.15) is 0 Å². The van der Waals surface area contributed by atoms with Crippen LogP contribution in [0.15, 0.2) is 65.4 Å². The van der Waals surface area contributed by atoms with Crippen LogP contribution in [0.25, 0.3) is 5.57 Å². The van der Waals surface area contributed by atoms with E-state index in [4.69, 9.17) is 9.47 Å². The number of nitrogens with one attached hydrogen (secondary N) is 1. The number of nitrogens with zero attached hydrogens (tertiary/aromatic N) is 2. The first kappa shape index (κ1) is 30.2. The molecule has 1 aliphatic heterocycles. The van der Waals surface area contributed by atoms with E-state index in [2.05, 4.69) is 64.3 Å². The second kappa shape index (κ2) is 12.4. The Morgan fingerprint density at radius 1 is 1.00 bits per heavy atom. The molecule has 0 saturated heterocycles. The van der Waals surface area contributed by atoms with Gasteiger partial charge in [-0.3, -0.25) is 4.79 Å². The monoisotopic (exact) mass is 574 g/mol. The van der Waals surface area contributed by atoms with Gasteiger partial charge in [-0.05, 0) is 69.1 Å². The van der Waals surface area contributed by atoms with Crippen molar-refractivity contribution in [3.05, 3.63) is 87.6 Å². The fourth-order valence-corrected chi connectivity index (χ4v) is 8.40. The van der Waals surface area contributed by atoms with Gasteiger partial charge in [0.15, 0.2) is 5.71 Å². The number of allylic oxidation sites excluding steroid dienone is 5. The molecule has 1 heterocycles. The summed E-state index contributed by atoms with van der Waals surface area (Å²) in [6.45, 7) is 6.32. The predicted molar refractivity (Wildman–Crippen MR) is 167 cm³/mol. The highest BCUT2D eigenvalue weighted by molar-refractivity contribution is 6.98. The van der Waals surface area contributed by atoms with Gasteiger partial charge in [0.2, 0.25) is 0 Å². The van der Waals surface area contributed by atoms with E-state index in [-0.39, 0.29) is 11.5 Å². The van der Waals surface area contributed by atoms with Crippen molar-refractivity contribution in [2.24, 2.45) is 0 Å². The smallest absolute Gasteiger partial charge is 0.336 e. The molecule has 2 aromatic rings. The van der Waals surface area contributed by atoms with Crippen LogP contribution in [0.5, 0.6) is 0 Å². The van der Waals surface area contributed by atoms with E-state index in [1.165, 1.54) is 16.4 Å². The largest absolute Gasteiger partial charge is 0.478 e. The summed E-state index contributed by atoms with van der Waals surface area (Å²) in [6.07, 6.45) is 6.42. The molecule has 0 unspecified atom stereocenters. The highest BCUT2D eigenvalue weighted by Gasteiger charge is 2.41. The molecule has 8 nitrogen and oxygen atoms in total. The minimum Gasteiger partial charge on any atom is -0.478 e. The number of benzene rings is 2. The maximum Gasteiger partial charge on any atom is 0.336 e. The van der Waals surface area contributed by atoms with Gasteiger partial charge >= 0.3 is 5.97 Å². The van der Waals surface area contributed by atoms with Gasteiger partial charge in [-0.25, -0.2) is 9.37 Å². The molecular weight excluding hydrogens is 534 g/mol. The number of carboxylic acids is 1. The maximum atomic E-state index is 13.1. The predicted octanol–water partition coefficient (Wildman–Crippen LogP) is 3.32. The number of amides is 1. The Bertz CT molecular complexity index is 1500. The number of ether oxygens (including phenoxy) is 2. The van der Waals surface area contributed by atoms with Crippen molar-refractivity contribution in [1.82, 2.24) is 5.32 Å². The van der Waals surface area contributed by atoms with Crippen LogP contribution in [-0.4, -0.2) is 97.0 Å². The third-order valence-corrected chi connectivity index (χ3v) is 11.2. The molecular formula is C32H40N3O5Si+. The molecule has 0 radical (unpaired) electrons. The first-order chi connectivity index (χ1) is 19.5. The zero-order chi connectivity index (χ0) is 29.9.